The van der Waals surface area contributed by atoms with Gasteiger partial charge in [0.1, 0.15) is 11.6 Å². The van der Waals surface area contributed by atoms with E-state index in [1.807, 2.05) is 0 Å². The number of ether oxygens (including phenoxy) is 1. The molecular formula is C19H14ClF2NO3. The van der Waals surface area contributed by atoms with Crippen LogP contribution in [0.3, 0.4) is 0 Å². The Morgan fingerprint density at radius 1 is 1.15 bits per heavy atom. The Bertz CT molecular complexity index is 938. The van der Waals surface area contributed by atoms with E-state index in [4.69, 9.17) is 20.8 Å². The van der Waals surface area contributed by atoms with Crippen LogP contribution in [-0.2, 0) is 16.0 Å². The maximum atomic E-state index is 13.8. The lowest BCUT2D eigenvalue weighted by atomic mass is 10.1. The average Bonchev–Trinajstić information content (AvgIpc) is 3.02. The molecule has 2 aromatic carbocycles. The second-order valence-electron chi connectivity index (χ2n) is 5.41. The van der Waals surface area contributed by atoms with Crippen molar-refractivity contribution >= 4 is 17.6 Å². The van der Waals surface area contributed by atoms with Crippen LogP contribution in [0.5, 0.6) is 0 Å². The maximum absolute atomic E-state index is 13.8. The van der Waals surface area contributed by atoms with Crippen molar-refractivity contribution in [3.05, 3.63) is 64.8 Å². The number of esters is 1. The van der Waals surface area contributed by atoms with Gasteiger partial charge in [-0.15, -0.1) is 0 Å². The van der Waals surface area contributed by atoms with Crippen molar-refractivity contribution in [1.82, 2.24) is 4.98 Å². The zero-order chi connectivity index (χ0) is 18.7. The predicted octanol–water partition coefficient (Wildman–Crippen LogP) is 5.05. The maximum Gasteiger partial charge on any atom is 0.312 e. The summed E-state index contributed by atoms with van der Waals surface area (Å²) < 4.78 is 37.6. The Hall–Kier alpha value is -2.73. The summed E-state index contributed by atoms with van der Waals surface area (Å²) in [6, 6.07) is 9.70. The van der Waals surface area contributed by atoms with Crippen molar-refractivity contribution in [3.8, 4) is 22.8 Å². The van der Waals surface area contributed by atoms with Gasteiger partial charge in [-0.05, 0) is 49.4 Å². The third kappa shape index (κ3) is 3.91. The van der Waals surface area contributed by atoms with Crippen LogP contribution >= 0.6 is 11.6 Å². The smallest absolute Gasteiger partial charge is 0.312 e. The van der Waals surface area contributed by atoms with Crippen molar-refractivity contribution in [2.45, 2.75) is 13.3 Å². The molecule has 0 aliphatic heterocycles. The minimum atomic E-state index is -0.619. The number of aromatic nitrogens is 1. The summed E-state index contributed by atoms with van der Waals surface area (Å²) in [5.41, 5.74) is 1.20. The summed E-state index contributed by atoms with van der Waals surface area (Å²) in [7, 11) is 0. The highest BCUT2D eigenvalue weighted by Crippen LogP contribution is 2.32. The number of hydrogen-bond acceptors (Lipinski definition) is 4. The lowest BCUT2D eigenvalue weighted by Gasteiger charge is -2.03. The molecule has 3 aromatic rings. The van der Waals surface area contributed by atoms with Gasteiger partial charge in [-0.25, -0.2) is 13.8 Å². The zero-order valence-electron chi connectivity index (χ0n) is 13.8. The van der Waals surface area contributed by atoms with Crippen LogP contribution in [0.4, 0.5) is 8.78 Å². The van der Waals surface area contributed by atoms with Gasteiger partial charge in [0, 0.05) is 11.1 Å². The topological polar surface area (TPSA) is 52.3 Å². The van der Waals surface area contributed by atoms with Crippen molar-refractivity contribution in [2.75, 3.05) is 6.61 Å². The number of carbonyl (C=O) groups is 1. The quantitative estimate of drug-likeness (QED) is 0.584. The summed E-state index contributed by atoms with van der Waals surface area (Å²) in [5.74, 6) is -1.08. The molecule has 0 amide bonds. The summed E-state index contributed by atoms with van der Waals surface area (Å²) in [4.78, 5) is 16.2. The second-order valence-corrected chi connectivity index (χ2v) is 5.82. The SMILES string of the molecule is CCOC(=O)Cc1nc(-c2ccc(F)cc2)oc1-c1ccc(Cl)c(F)c1. The molecule has 1 heterocycles. The average molecular weight is 378 g/mol. The van der Waals surface area contributed by atoms with Crippen LogP contribution in [0.15, 0.2) is 46.9 Å². The molecule has 0 unspecified atom stereocenters. The van der Waals surface area contributed by atoms with E-state index in [1.54, 1.807) is 13.0 Å². The Kier molecular flexibility index (Phi) is 5.32. The largest absolute Gasteiger partial charge is 0.466 e. The van der Waals surface area contributed by atoms with Crippen molar-refractivity contribution in [3.63, 3.8) is 0 Å². The van der Waals surface area contributed by atoms with Crippen LogP contribution in [0.1, 0.15) is 12.6 Å². The molecule has 0 N–H and O–H groups in total. The third-order valence-electron chi connectivity index (χ3n) is 3.59. The molecule has 1 aromatic heterocycles. The summed E-state index contributed by atoms with van der Waals surface area (Å²) in [5, 5.41) is -0.0287. The Labute approximate surface area is 153 Å². The fourth-order valence-corrected chi connectivity index (χ4v) is 2.52. The highest BCUT2D eigenvalue weighted by Gasteiger charge is 2.20. The van der Waals surface area contributed by atoms with Gasteiger partial charge in [0.15, 0.2) is 5.76 Å². The molecule has 26 heavy (non-hydrogen) atoms. The fraction of sp³-hybridized carbons (Fsp3) is 0.158. The molecule has 134 valence electrons. The molecule has 4 nitrogen and oxygen atoms in total. The van der Waals surface area contributed by atoms with Crippen molar-refractivity contribution in [1.29, 1.82) is 0 Å². The highest BCUT2D eigenvalue weighted by atomic mass is 35.5. The standard InChI is InChI=1S/C19H14ClF2NO3/c1-2-25-17(24)10-16-18(12-5-8-14(20)15(22)9-12)26-19(23-16)11-3-6-13(21)7-4-11/h3-9H,2,10H2,1H3. The number of nitrogens with zero attached hydrogens (tertiary/aromatic N) is 1. The van der Waals surface area contributed by atoms with E-state index in [2.05, 4.69) is 4.98 Å². The lowest BCUT2D eigenvalue weighted by Crippen LogP contribution is -2.08. The molecular weight excluding hydrogens is 364 g/mol. The predicted molar refractivity (Wildman–Crippen MR) is 92.6 cm³/mol. The molecule has 0 bridgehead atoms. The Balaban J connectivity index is 2.06. The van der Waals surface area contributed by atoms with E-state index in [-0.39, 0.29) is 29.7 Å². The number of oxazole rings is 1. The van der Waals surface area contributed by atoms with Gasteiger partial charge in [-0.3, -0.25) is 4.79 Å². The molecule has 0 fully saturated rings. The molecule has 0 saturated carbocycles. The van der Waals surface area contributed by atoms with Gasteiger partial charge in [-0.2, -0.15) is 0 Å². The minimum Gasteiger partial charge on any atom is -0.466 e. The zero-order valence-corrected chi connectivity index (χ0v) is 14.5. The first-order valence-corrected chi connectivity index (χ1v) is 8.22. The molecule has 0 radical (unpaired) electrons. The van der Waals surface area contributed by atoms with Gasteiger partial charge in [0.05, 0.1) is 23.7 Å². The summed E-state index contributed by atoms with van der Waals surface area (Å²) in [6.07, 6.45) is -0.141. The Morgan fingerprint density at radius 3 is 2.50 bits per heavy atom. The first-order chi connectivity index (χ1) is 12.5. The fourth-order valence-electron chi connectivity index (χ4n) is 2.40. The van der Waals surface area contributed by atoms with E-state index in [0.29, 0.717) is 16.8 Å². The van der Waals surface area contributed by atoms with E-state index in [9.17, 15) is 13.6 Å². The van der Waals surface area contributed by atoms with Crippen LogP contribution < -0.4 is 0 Å². The molecule has 0 aliphatic rings. The van der Waals surface area contributed by atoms with Crippen molar-refractivity contribution in [2.24, 2.45) is 0 Å². The molecule has 0 atom stereocenters. The number of rotatable bonds is 5. The number of benzene rings is 2. The first kappa shape index (κ1) is 18.1. The van der Waals surface area contributed by atoms with Gasteiger partial charge in [-0.1, -0.05) is 11.6 Å². The van der Waals surface area contributed by atoms with E-state index in [1.165, 1.54) is 36.4 Å². The van der Waals surface area contributed by atoms with Crippen LogP contribution in [0.25, 0.3) is 22.8 Å². The van der Waals surface area contributed by atoms with Gasteiger partial charge >= 0.3 is 5.97 Å². The van der Waals surface area contributed by atoms with Gasteiger partial charge < -0.3 is 9.15 Å². The van der Waals surface area contributed by atoms with Crippen LogP contribution in [-0.4, -0.2) is 17.6 Å². The minimum absolute atomic E-state index is 0.0287. The molecule has 0 saturated heterocycles. The summed E-state index contributed by atoms with van der Waals surface area (Å²) in [6.45, 7) is 1.92. The first-order valence-electron chi connectivity index (χ1n) is 7.84. The second kappa shape index (κ2) is 7.66. The van der Waals surface area contributed by atoms with E-state index < -0.39 is 17.6 Å². The molecule has 0 aliphatic carbocycles. The lowest BCUT2D eigenvalue weighted by molar-refractivity contribution is -0.142. The monoisotopic (exact) mass is 377 g/mol. The van der Waals surface area contributed by atoms with Crippen molar-refractivity contribution < 1.29 is 22.7 Å². The van der Waals surface area contributed by atoms with E-state index >= 15 is 0 Å². The number of carbonyl (C=O) groups excluding carboxylic acids is 1. The molecule has 3 rings (SSSR count). The van der Waals surface area contributed by atoms with Gasteiger partial charge in [0.25, 0.3) is 0 Å². The van der Waals surface area contributed by atoms with Crippen LogP contribution in [0, 0.1) is 11.6 Å². The summed E-state index contributed by atoms with van der Waals surface area (Å²) >= 11 is 5.72. The normalized spacial score (nSPS) is 10.8. The molecule has 0 spiro atoms. The molecule has 7 heteroatoms. The Morgan fingerprint density at radius 2 is 1.85 bits per heavy atom. The van der Waals surface area contributed by atoms with E-state index in [0.717, 1.165) is 0 Å². The van der Waals surface area contributed by atoms with Crippen LogP contribution in [0.2, 0.25) is 5.02 Å². The number of hydrogen-bond donors (Lipinski definition) is 0. The highest BCUT2D eigenvalue weighted by molar-refractivity contribution is 6.30. The van der Waals surface area contributed by atoms with Gasteiger partial charge in [0.2, 0.25) is 5.89 Å². The third-order valence-corrected chi connectivity index (χ3v) is 3.89. The number of halogens is 3.